The molecule has 148 valence electrons. The van der Waals surface area contributed by atoms with Gasteiger partial charge in [-0.05, 0) is 25.3 Å². The van der Waals surface area contributed by atoms with E-state index in [4.69, 9.17) is 0 Å². The van der Waals surface area contributed by atoms with Crippen molar-refractivity contribution in [2.24, 2.45) is 11.8 Å². The van der Waals surface area contributed by atoms with Gasteiger partial charge in [-0.25, -0.2) is 0 Å². The molecule has 2 saturated heterocycles. The van der Waals surface area contributed by atoms with Crippen molar-refractivity contribution in [2.45, 2.75) is 32.1 Å². The molecule has 1 aromatic rings. The second-order valence-electron chi connectivity index (χ2n) is 7.85. The van der Waals surface area contributed by atoms with Gasteiger partial charge in [0.2, 0.25) is 11.8 Å². The van der Waals surface area contributed by atoms with E-state index < -0.39 is 0 Å². The van der Waals surface area contributed by atoms with Crippen molar-refractivity contribution in [3.63, 3.8) is 0 Å². The van der Waals surface area contributed by atoms with Gasteiger partial charge in [-0.1, -0.05) is 12.1 Å². The molecule has 4 rings (SSSR count). The number of carbonyl (C=O) groups excluding carboxylic acids is 4. The number of nitrogens with zero attached hydrogens (tertiary/aromatic N) is 1. The van der Waals surface area contributed by atoms with Gasteiger partial charge in [0.25, 0.3) is 0 Å². The van der Waals surface area contributed by atoms with Gasteiger partial charge in [0, 0.05) is 62.1 Å². The maximum Gasteiger partial charge on any atom is 0.229 e. The number of hydrogen-bond acceptors (Lipinski definition) is 6. The van der Waals surface area contributed by atoms with Crippen LogP contribution in [0, 0.1) is 11.8 Å². The Bertz CT molecular complexity index is 829. The van der Waals surface area contributed by atoms with Crippen molar-refractivity contribution >= 4 is 29.1 Å². The van der Waals surface area contributed by atoms with E-state index in [-0.39, 0.29) is 41.6 Å². The largest absolute Gasteiger partial charge is 0.368 e. The van der Waals surface area contributed by atoms with Crippen LogP contribution in [0.5, 0.6) is 0 Å². The molecule has 0 bridgehead atoms. The van der Waals surface area contributed by atoms with E-state index in [2.05, 4.69) is 15.5 Å². The number of ketones is 2. The summed E-state index contributed by atoms with van der Waals surface area (Å²) >= 11 is 0. The van der Waals surface area contributed by atoms with Gasteiger partial charge in [-0.2, -0.15) is 0 Å². The molecule has 2 fully saturated rings. The Balaban J connectivity index is 1.50. The van der Waals surface area contributed by atoms with Crippen LogP contribution < -0.4 is 15.5 Å². The number of rotatable bonds is 4. The first-order valence-electron chi connectivity index (χ1n) is 10.0. The SMILES string of the molecule is O=C1CCC(CCC2CC(=O)c3c(cccc3N3CCNCC3)C2=O)C(=O)N1. The average molecular weight is 383 g/mol. The minimum atomic E-state index is -0.385. The Kier molecular flexibility index (Phi) is 5.26. The molecule has 7 nitrogen and oxygen atoms in total. The van der Waals surface area contributed by atoms with Gasteiger partial charge < -0.3 is 10.2 Å². The van der Waals surface area contributed by atoms with E-state index >= 15 is 0 Å². The van der Waals surface area contributed by atoms with Gasteiger partial charge in [-0.15, -0.1) is 0 Å². The quantitative estimate of drug-likeness (QED) is 0.762. The zero-order valence-corrected chi connectivity index (χ0v) is 15.8. The van der Waals surface area contributed by atoms with Crippen LogP contribution >= 0.6 is 0 Å². The van der Waals surface area contributed by atoms with E-state index in [1.165, 1.54) is 0 Å². The minimum Gasteiger partial charge on any atom is -0.368 e. The lowest BCUT2D eigenvalue weighted by Crippen LogP contribution is -2.44. The van der Waals surface area contributed by atoms with Gasteiger partial charge in [0.1, 0.15) is 0 Å². The zero-order valence-electron chi connectivity index (χ0n) is 15.8. The van der Waals surface area contributed by atoms with E-state index in [1.54, 1.807) is 6.07 Å². The number of piperidine rings is 1. The fourth-order valence-electron chi connectivity index (χ4n) is 4.50. The normalized spacial score (nSPS) is 25.5. The van der Waals surface area contributed by atoms with Crippen LogP contribution in [0.2, 0.25) is 0 Å². The van der Waals surface area contributed by atoms with Crippen LogP contribution in [0.3, 0.4) is 0 Å². The summed E-state index contributed by atoms with van der Waals surface area (Å²) in [5, 5.41) is 5.65. The summed E-state index contributed by atoms with van der Waals surface area (Å²) in [7, 11) is 0. The maximum atomic E-state index is 13.1. The molecular weight excluding hydrogens is 358 g/mol. The van der Waals surface area contributed by atoms with Gasteiger partial charge in [0.05, 0.1) is 5.56 Å². The number of amides is 2. The molecule has 2 unspecified atom stereocenters. The molecule has 1 aromatic carbocycles. The third kappa shape index (κ3) is 3.58. The molecule has 3 aliphatic rings. The lowest BCUT2D eigenvalue weighted by atomic mass is 9.77. The molecule has 2 atom stereocenters. The highest BCUT2D eigenvalue weighted by Crippen LogP contribution is 2.35. The number of fused-ring (bicyclic) bond motifs is 1. The first-order chi connectivity index (χ1) is 13.5. The number of benzene rings is 1. The molecule has 28 heavy (non-hydrogen) atoms. The number of Topliss-reactive ketones (excluding diaryl/α,β-unsaturated/α-hetero) is 2. The van der Waals surface area contributed by atoms with Crippen molar-refractivity contribution < 1.29 is 19.2 Å². The molecule has 0 saturated carbocycles. The molecule has 0 aromatic heterocycles. The Morgan fingerprint density at radius 3 is 2.50 bits per heavy atom. The molecule has 0 radical (unpaired) electrons. The van der Waals surface area contributed by atoms with Crippen molar-refractivity contribution in [1.82, 2.24) is 10.6 Å². The topological polar surface area (TPSA) is 95.6 Å². The predicted octanol–water partition coefficient (Wildman–Crippen LogP) is 1.31. The standard InChI is InChI=1S/C21H25N3O4/c25-17-12-14(5-4-13-6-7-18(26)23-21(13)28)20(27)15-2-1-3-16(19(15)17)24-10-8-22-9-11-24/h1-3,13-14,22H,4-12H2,(H,23,26,28). The predicted molar refractivity (Wildman–Crippen MR) is 103 cm³/mol. The fraction of sp³-hybridized carbons (Fsp3) is 0.524. The summed E-state index contributed by atoms with van der Waals surface area (Å²) in [4.78, 5) is 51.4. The van der Waals surface area contributed by atoms with E-state index in [1.807, 2.05) is 12.1 Å². The maximum absolute atomic E-state index is 13.1. The third-order valence-corrected chi connectivity index (χ3v) is 6.06. The summed E-state index contributed by atoms with van der Waals surface area (Å²) in [6, 6.07) is 5.53. The molecule has 1 aliphatic carbocycles. The number of anilines is 1. The summed E-state index contributed by atoms with van der Waals surface area (Å²) in [5.41, 5.74) is 1.94. The highest BCUT2D eigenvalue weighted by molar-refractivity contribution is 6.17. The lowest BCUT2D eigenvalue weighted by molar-refractivity contribution is -0.136. The van der Waals surface area contributed by atoms with Crippen LogP contribution in [0.4, 0.5) is 5.69 Å². The Morgan fingerprint density at radius 1 is 1.00 bits per heavy atom. The highest BCUT2D eigenvalue weighted by atomic mass is 16.2. The second-order valence-corrected chi connectivity index (χ2v) is 7.85. The number of piperazine rings is 1. The van der Waals surface area contributed by atoms with E-state index in [9.17, 15) is 19.2 Å². The Labute approximate surface area is 163 Å². The van der Waals surface area contributed by atoms with Crippen molar-refractivity contribution in [2.75, 3.05) is 31.1 Å². The van der Waals surface area contributed by atoms with Crippen molar-refractivity contribution in [1.29, 1.82) is 0 Å². The summed E-state index contributed by atoms with van der Waals surface area (Å²) in [5.74, 6) is -1.12. The number of nitrogens with one attached hydrogen (secondary N) is 2. The first-order valence-corrected chi connectivity index (χ1v) is 10.0. The summed E-state index contributed by atoms with van der Waals surface area (Å²) in [6.07, 6.45) is 2.07. The van der Waals surface area contributed by atoms with E-state index in [0.717, 1.165) is 31.9 Å². The zero-order chi connectivity index (χ0) is 19.7. The smallest absolute Gasteiger partial charge is 0.229 e. The minimum absolute atomic E-state index is 0.00104. The lowest BCUT2D eigenvalue weighted by Gasteiger charge is -2.33. The Morgan fingerprint density at radius 2 is 1.75 bits per heavy atom. The second kappa shape index (κ2) is 7.83. The van der Waals surface area contributed by atoms with Crippen LogP contribution in [-0.2, 0) is 9.59 Å². The third-order valence-electron chi connectivity index (χ3n) is 6.06. The molecule has 0 spiro atoms. The molecule has 2 heterocycles. The Hall–Kier alpha value is -2.54. The number of hydrogen-bond donors (Lipinski definition) is 2. The monoisotopic (exact) mass is 383 g/mol. The van der Waals surface area contributed by atoms with Crippen LogP contribution in [-0.4, -0.2) is 49.6 Å². The number of carbonyl (C=O) groups is 4. The highest BCUT2D eigenvalue weighted by Gasteiger charge is 2.36. The molecule has 2 amide bonds. The van der Waals surface area contributed by atoms with E-state index in [0.29, 0.717) is 36.8 Å². The summed E-state index contributed by atoms with van der Waals surface area (Å²) in [6.45, 7) is 3.36. The molecule has 2 N–H and O–H groups in total. The van der Waals surface area contributed by atoms with Gasteiger partial charge >= 0.3 is 0 Å². The summed E-state index contributed by atoms with van der Waals surface area (Å²) < 4.78 is 0. The number of imide groups is 1. The van der Waals surface area contributed by atoms with Crippen LogP contribution in [0.25, 0.3) is 0 Å². The molecule has 7 heteroatoms. The molecule has 2 aliphatic heterocycles. The first kappa shape index (κ1) is 18.8. The fourth-order valence-corrected chi connectivity index (χ4v) is 4.50. The van der Waals surface area contributed by atoms with Crippen LogP contribution in [0.15, 0.2) is 18.2 Å². The van der Waals surface area contributed by atoms with Gasteiger partial charge in [-0.3, -0.25) is 24.5 Å². The average Bonchev–Trinajstić information content (AvgIpc) is 2.71. The van der Waals surface area contributed by atoms with Crippen molar-refractivity contribution in [3.05, 3.63) is 29.3 Å². The van der Waals surface area contributed by atoms with Gasteiger partial charge in [0.15, 0.2) is 11.6 Å². The molecular formula is C21H25N3O4. The van der Waals surface area contributed by atoms with Crippen LogP contribution in [0.1, 0.15) is 52.8 Å². The van der Waals surface area contributed by atoms with Crippen molar-refractivity contribution in [3.8, 4) is 0 Å².